The van der Waals surface area contributed by atoms with Crippen LogP contribution in [0.25, 0.3) is 0 Å². The largest absolute Gasteiger partial charge is 0.458 e. The third-order valence-electron chi connectivity index (χ3n) is 3.54. The zero-order valence-corrected chi connectivity index (χ0v) is 10.8. The Morgan fingerprint density at radius 1 is 1.42 bits per heavy atom. The summed E-state index contributed by atoms with van der Waals surface area (Å²) in [6.45, 7) is -1.00. The molecule has 1 spiro atoms. The summed E-state index contributed by atoms with van der Waals surface area (Å²) < 4.78 is 64.2. The highest BCUT2D eigenvalue weighted by Crippen LogP contribution is 2.43. The molecule has 1 saturated carbocycles. The molecular weight excluding hydrogens is 286 g/mol. The molecule has 6 nitrogen and oxygen atoms in total. The maximum Gasteiger partial charge on any atom is 0.402 e. The molecule has 0 unspecified atom stereocenters. The lowest BCUT2D eigenvalue weighted by atomic mass is 9.82. The molecule has 0 radical (unpaired) electrons. The minimum atomic E-state index is -5.57. The second-order valence-electron chi connectivity index (χ2n) is 4.97. The van der Waals surface area contributed by atoms with Crippen molar-refractivity contribution in [3.05, 3.63) is 0 Å². The van der Waals surface area contributed by atoms with Crippen molar-refractivity contribution in [2.45, 2.75) is 36.5 Å². The van der Waals surface area contributed by atoms with Crippen LogP contribution in [-0.4, -0.2) is 43.0 Å². The van der Waals surface area contributed by atoms with E-state index in [1.54, 1.807) is 0 Å². The summed E-state index contributed by atoms with van der Waals surface area (Å²) in [4.78, 5) is 11.5. The number of halogens is 2. The van der Waals surface area contributed by atoms with Crippen molar-refractivity contribution >= 4 is 16.1 Å². The van der Waals surface area contributed by atoms with E-state index in [-0.39, 0.29) is 5.60 Å². The highest BCUT2D eigenvalue weighted by molar-refractivity contribution is 7.86. The van der Waals surface area contributed by atoms with Crippen LogP contribution in [0.2, 0.25) is 0 Å². The molecule has 1 N–H and O–H groups in total. The van der Waals surface area contributed by atoms with Crippen molar-refractivity contribution in [3.63, 3.8) is 0 Å². The topological polar surface area (TPSA) is 93.2 Å². The Labute approximate surface area is 108 Å². The summed E-state index contributed by atoms with van der Waals surface area (Å²) in [5.74, 6) is -1.38. The normalized spacial score (nSPS) is 31.2. The van der Waals surface area contributed by atoms with Gasteiger partial charge < -0.3 is 9.47 Å². The molecule has 2 aliphatic rings. The van der Waals surface area contributed by atoms with Gasteiger partial charge in [-0.15, -0.1) is 0 Å². The van der Waals surface area contributed by atoms with Gasteiger partial charge in [-0.25, -0.2) is 0 Å². The van der Waals surface area contributed by atoms with E-state index in [9.17, 15) is 22.0 Å². The smallest absolute Gasteiger partial charge is 0.402 e. The first-order valence-corrected chi connectivity index (χ1v) is 7.25. The van der Waals surface area contributed by atoms with Crippen LogP contribution in [-0.2, 0) is 24.4 Å². The molecule has 0 aromatic rings. The second kappa shape index (κ2) is 4.64. The number of carbonyl (C=O) groups excluding carboxylic acids is 1. The van der Waals surface area contributed by atoms with Crippen LogP contribution >= 0.6 is 0 Å². The van der Waals surface area contributed by atoms with Gasteiger partial charge in [-0.2, -0.15) is 17.2 Å². The summed E-state index contributed by atoms with van der Waals surface area (Å²) in [6, 6.07) is 0. The third-order valence-corrected chi connectivity index (χ3v) is 4.42. The van der Waals surface area contributed by atoms with Crippen LogP contribution in [0.3, 0.4) is 0 Å². The van der Waals surface area contributed by atoms with Crippen molar-refractivity contribution in [1.29, 1.82) is 0 Å². The summed E-state index contributed by atoms with van der Waals surface area (Å²) in [5.41, 5.74) is -0.130. The van der Waals surface area contributed by atoms with Crippen molar-refractivity contribution in [3.8, 4) is 0 Å². The Morgan fingerprint density at radius 2 is 1.95 bits per heavy atom. The lowest BCUT2D eigenvalue weighted by molar-refractivity contribution is -0.156. The first kappa shape index (κ1) is 14.6. The Balaban J connectivity index is 1.82. The van der Waals surface area contributed by atoms with Gasteiger partial charge in [0.15, 0.2) is 6.61 Å². The van der Waals surface area contributed by atoms with E-state index < -0.39 is 33.9 Å². The SMILES string of the molecule is O=C(OCC(F)(F)S(=O)(=O)O)C1CCC2(CC1)CO2. The van der Waals surface area contributed by atoms with Crippen LogP contribution in [0, 0.1) is 5.92 Å². The molecule has 0 amide bonds. The molecule has 1 saturated heterocycles. The quantitative estimate of drug-likeness (QED) is 0.472. The zero-order valence-electron chi connectivity index (χ0n) is 9.97. The van der Waals surface area contributed by atoms with Gasteiger partial charge in [-0.3, -0.25) is 9.35 Å². The molecule has 1 aliphatic heterocycles. The van der Waals surface area contributed by atoms with E-state index in [0.717, 1.165) is 0 Å². The van der Waals surface area contributed by atoms with Crippen LogP contribution < -0.4 is 0 Å². The summed E-state index contributed by atoms with van der Waals surface area (Å²) in [7, 11) is -5.57. The number of hydrogen-bond donors (Lipinski definition) is 1. The van der Waals surface area contributed by atoms with Gasteiger partial charge in [0.25, 0.3) is 0 Å². The fraction of sp³-hybridized carbons (Fsp3) is 0.900. The molecule has 9 heteroatoms. The number of hydrogen-bond acceptors (Lipinski definition) is 5. The van der Waals surface area contributed by atoms with Gasteiger partial charge in [0.05, 0.1) is 18.1 Å². The van der Waals surface area contributed by atoms with Crippen LogP contribution in [0.15, 0.2) is 0 Å². The lowest BCUT2D eigenvalue weighted by Gasteiger charge is -2.25. The highest BCUT2D eigenvalue weighted by Gasteiger charge is 2.49. The molecule has 110 valence electrons. The summed E-state index contributed by atoms with van der Waals surface area (Å²) >= 11 is 0. The number of esters is 1. The third kappa shape index (κ3) is 3.21. The van der Waals surface area contributed by atoms with Crippen molar-refractivity contribution in [1.82, 2.24) is 0 Å². The van der Waals surface area contributed by atoms with Gasteiger partial charge >= 0.3 is 21.3 Å². The molecule has 0 atom stereocenters. The van der Waals surface area contributed by atoms with Crippen LogP contribution in [0.4, 0.5) is 8.78 Å². The van der Waals surface area contributed by atoms with Gasteiger partial charge in [-0.05, 0) is 25.7 Å². The molecule has 1 heterocycles. The molecular formula is C10H14F2O6S. The average Bonchev–Trinajstić information content (AvgIpc) is 3.05. The summed E-state index contributed by atoms with van der Waals surface area (Å²) in [5, 5.41) is -4.47. The number of rotatable bonds is 4. The van der Waals surface area contributed by atoms with Gasteiger partial charge in [0.1, 0.15) is 0 Å². The molecule has 2 fully saturated rings. The molecule has 2 rings (SSSR count). The molecule has 0 aromatic carbocycles. The number of epoxide rings is 1. The van der Waals surface area contributed by atoms with E-state index in [1.807, 2.05) is 0 Å². The van der Waals surface area contributed by atoms with Crippen molar-refractivity contribution in [2.75, 3.05) is 13.2 Å². The predicted octanol–water partition coefficient (Wildman–Crippen LogP) is 0.969. The minimum Gasteiger partial charge on any atom is -0.458 e. The molecule has 0 aromatic heterocycles. The van der Waals surface area contributed by atoms with Gasteiger partial charge in [-0.1, -0.05) is 0 Å². The monoisotopic (exact) mass is 300 g/mol. The Bertz CT molecular complexity index is 460. The number of alkyl halides is 2. The maximum absolute atomic E-state index is 12.9. The van der Waals surface area contributed by atoms with E-state index in [1.165, 1.54) is 0 Å². The lowest BCUT2D eigenvalue weighted by Crippen LogP contribution is -2.36. The van der Waals surface area contributed by atoms with E-state index >= 15 is 0 Å². The molecule has 1 aliphatic carbocycles. The van der Waals surface area contributed by atoms with E-state index in [0.29, 0.717) is 32.3 Å². The Morgan fingerprint density at radius 3 is 2.37 bits per heavy atom. The van der Waals surface area contributed by atoms with E-state index in [2.05, 4.69) is 4.74 Å². The van der Waals surface area contributed by atoms with Crippen LogP contribution in [0.1, 0.15) is 25.7 Å². The Kier molecular flexibility index (Phi) is 3.56. The zero-order chi connectivity index (χ0) is 14.3. The predicted molar refractivity (Wildman–Crippen MR) is 58.1 cm³/mol. The van der Waals surface area contributed by atoms with Gasteiger partial charge in [0, 0.05) is 0 Å². The van der Waals surface area contributed by atoms with E-state index in [4.69, 9.17) is 9.29 Å². The standard InChI is InChI=1S/C10H14F2O6S/c11-10(12,19(14,15)16)6-17-8(13)7-1-3-9(4-2-7)5-18-9/h7H,1-6H2,(H,14,15,16). The van der Waals surface area contributed by atoms with Crippen LogP contribution in [0.5, 0.6) is 0 Å². The fourth-order valence-electron chi connectivity index (χ4n) is 2.12. The first-order chi connectivity index (χ1) is 8.65. The fourth-order valence-corrected chi connectivity index (χ4v) is 2.33. The number of ether oxygens (including phenoxy) is 2. The highest BCUT2D eigenvalue weighted by atomic mass is 32.2. The minimum absolute atomic E-state index is 0.130. The Hall–Kier alpha value is -0.800. The summed E-state index contributed by atoms with van der Waals surface area (Å²) in [6.07, 6.45) is 2.27. The maximum atomic E-state index is 12.9. The average molecular weight is 300 g/mol. The molecule has 19 heavy (non-hydrogen) atoms. The van der Waals surface area contributed by atoms with Crippen molar-refractivity contribution < 1.29 is 36.0 Å². The van der Waals surface area contributed by atoms with Crippen molar-refractivity contribution in [2.24, 2.45) is 5.92 Å². The first-order valence-electron chi connectivity index (χ1n) is 5.81. The number of carbonyl (C=O) groups is 1. The second-order valence-corrected chi connectivity index (χ2v) is 6.51. The van der Waals surface area contributed by atoms with Gasteiger partial charge in [0.2, 0.25) is 0 Å². The molecule has 0 bridgehead atoms.